The van der Waals surface area contributed by atoms with Crippen LogP contribution in [0.4, 0.5) is 17.1 Å². The topological polar surface area (TPSA) is 8.17 Å². The molecule has 2 nitrogen and oxygen atoms in total. The van der Waals surface area contributed by atoms with E-state index in [-0.39, 0.29) is 17.5 Å². The number of hydrogen-bond acceptors (Lipinski definition) is 1. The van der Waals surface area contributed by atoms with Crippen molar-refractivity contribution in [2.45, 2.75) is 52.4 Å². The van der Waals surface area contributed by atoms with E-state index < -0.39 is 0 Å². The molecule has 0 fully saturated rings. The molecule has 11 rings (SSSR count). The highest BCUT2D eigenvalue weighted by Crippen LogP contribution is 2.51. The Balaban J connectivity index is 1.31. The van der Waals surface area contributed by atoms with Crippen molar-refractivity contribution in [1.82, 2.24) is 4.57 Å². The van der Waals surface area contributed by atoms with Gasteiger partial charge in [0.25, 0.3) is 6.71 Å². The van der Waals surface area contributed by atoms with Gasteiger partial charge >= 0.3 is 0 Å². The lowest BCUT2D eigenvalue weighted by atomic mass is 9.33. The van der Waals surface area contributed by atoms with Gasteiger partial charge in [0.05, 0.1) is 11.0 Å². The van der Waals surface area contributed by atoms with Crippen molar-refractivity contribution in [1.29, 1.82) is 0 Å². The summed E-state index contributed by atoms with van der Waals surface area (Å²) in [7, 11) is 0. The minimum atomic E-state index is 0.0185. The minimum absolute atomic E-state index is 0.0185. The van der Waals surface area contributed by atoms with E-state index in [0.29, 0.717) is 0 Å². The lowest BCUT2D eigenvalue weighted by molar-refractivity contribution is 0.590. The molecular formula is C48H39BN2. The third-order valence-electron chi connectivity index (χ3n) is 12.0. The lowest BCUT2D eigenvalue weighted by Crippen LogP contribution is -2.60. The second kappa shape index (κ2) is 9.62. The number of hydrogen-bond donors (Lipinski definition) is 0. The van der Waals surface area contributed by atoms with Crippen LogP contribution in [0.2, 0.25) is 0 Å². The Kier molecular flexibility index (Phi) is 5.51. The van der Waals surface area contributed by atoms with Crippen LogP contribution in [0.25, 0.3) is 60.5 Å². The number of anilines is 3. The summed E-state index contributed by atoms with van der Waals surface area (Å²) in [6, 6.07) is 49.0. The van der Waals surface area contributed by atoms with Crippen molar-refractivity contribution in [3.05, 3.63) is 139 Å². The minimum Gasteiger partial charge on any atom is -0.311 e. The molecule has 3 heteroatoms. The fourth-order valence-electron chi connectivity index (χ4n) is 9.61. The van der Waals surface area contributed by atoms with Crippen molar-refractivity contribution in [2.75, 3.05) is 4.90 Å². The predicted molar refractivity (Wildman–Crippen MR) is 219 cm³/mol. The van der Waals surface area contributed by atoms with E-state index in [0.717, 1.165) is 0 Å². The van der Waals surface area contributed by atoms with E-state index in [1.165, 1.54) is 105 Å². The molecule has 1 aromatic heterocycles. The maximum Gasteiger partial charge on any atom is 0.252 e. The second-order valence-electron chi connectivity index (χ2n) is 17.0. The first-order chi connectivity index (χ1) is 24.6. The molecule has 0 bridgehead atoms. The lowest BCUT2D eigenvalue weighted by Gasteiger charge is -2.41. The summed E-state index contributed by atoms with van der Waals surface area (Å²) in [4.78, 5) is 2.53. The van der Waals surface area contributed by atoms with Gasteiger partial charge in [-0.05, 0) is 108 Å². The Labute approximate surface area is 300 Å². The fraction of sp³-hybridized carbons (Fsp3) is 0.167. The highest BCUT2D eigenvalue weighted by atomic mass is 15.2. The number of rotatable bonds is 1. The largest absolute Gasteiger partial charge is 0.311 e. The number of nitrogens with zero attached hydrogens (tertiary/aromatic N) is 2. The van der Waals surface area contributed by atoms with E-state index in [4.69, 9.17) is 0 Å². The molecule has 7 aromatic carbocycles. The first kappa shape index (κ1) is 29.2. The molecule has 3 heterocycles. The Morgan fingerprint density at radius 3 is 1.82 bits per heavy atom. The molecule has 3 aliphatic rings. The zero-order valence-corrected chi connectivity index (χ0v) is 30.1. The molecule has 0 amide bonds. The number of aromatic nitrogens is 1. The summed E-state index contributed by atoms with van der Waals surface area (Å²) in [5, 5.41) is 5.45. The summed E-state index contributed by atoms with van der Waals surface area (Å²) in [6.45, 7) is 14.0. The quantitative estimate of drug-likeness (QED) is 0.160. The van der Waals surface area contributed by atoms with Gasteiger partial charge in [-0.1, -0.05) is 133 Å². The van der Waals surface area contributed by atoms with Crippen molar-refractivity contribution < 1.29 is 0 Å². The van der Waals surface area contributed by atoms with Crippen LogP contribution in [0.1, 0.15) is 52.7 Å². The average molecular weight is 655 g/mol. The smallest absolute Gasteiger partial charge is 0.252 e. The van der Waals surface area contributed by atoms with Crippen LogP contribution in [0.3, 0.4) is 0 Å². The highest BCUT2D eigenvalue weighted by molar-refractivity contribution is 7.00. The second-order valence-corrected chi connectivity index (χ2v) is 17.0. The Hall–Kier alpha value is -5.54. The van der Waals surface area contributed by atoms with Gasteiger partial charge in [0.1, 0.15) is 0 Å². The summed E-state index contributed by atoms with van der Waals surface area (Å²) < 4.78 is 2.61. The Morgan fingerprint density at radius 1 is 0.471 bits per heavy atom. The number of benzene rings is 7. The first-order valence-electron chi connectivity index (χ1n) is 18.4. The maximum atomic E-state index is 2.61. The molecule has 8 aromatic rings. The zero-order valence-electron chi connectivity index (χ0n) is 30.1. The van der Waals surface area contributed by atoms with Gasteiger partial charge in [0.2, 0.25) is 0 Å². The van der Waals surface area contributed by atoms with Crippen LogP contribution < -0.4 is 21.3 Å². The molecule has 0 spiro atoms. The van der Waals surface area contributed by atoms with Crippen molar-refractivity contribution in [2.24, 2.45) is 0 Å². The molecule has 0 atom stereocenters. The first-order valence-corrected chi connectivity index (χ1v) is 18.4. The van der Waals surface area contributed by atoms with Crippen LogP contribution in [-0.2, 0) is 10.8 Å². The van der Waals surface area contributed by atoms with Crippen LogP contribution >= 0.6 is 0 Å². The van der Waals surface area contributed by atoms with Crippen LogP contribution in [0.15, 0.2) is 127 Å². The normalized spacial score (nSPS) is 14.0. The molecular weight excluding hydrogens is 615 g/mol. The van der Waals surface area contributed by atoms with Gasteiger partial charge in [-0.15, -0.1) is 0 Å². The van der Waals surface area contributed by atoms with Crippen molar-refractivity contribution in [3.8, 4) is 27.9 Å². The van der Waals surface area contributed by atoms with Crippen molar-refractivity contribution >= 4 is 72.7 Å². The third-order valence-corrected chi connectivity index (χ3v) is 12.0. The zero-order chi connectivity index (χ0) is 34.6. The van der Waals surface area contributed by atoms with Gasteiger partial charge < -0.3 is 9.47 Å². The maximum absolute atomic E-state index is 2.61. The van der Waals surface area contributed by atoms with Gasteiger partial charge in [0, 0.05) is 33.5 Å². The SMILES string of the molecule is CC(C)(C)c1ccc(N2c3ccc(C(C)(C)C)cc3B3c4c2cccc4-n2c4cccc5c4c4c6c(cccc6cc3c42)-c2ccccc2-5)cc1. The van der Waals surface area contributed by atoms with E-state index in [2.05, 4.69) is 178 Å². The number of fused-ring (bicyclic) bond motifs is 8. The van der Waals surface area contributed by atoms with E-state index in [1.54, 1.807) is 0 Å². The fourth-order valence-corrected chi connectivity index (χ4v) is 9.61. The van der Waals surface area contributed by atoms with Crippen molar-refractivity contribution in [3.63, 3.8) is 0 Å². The van der Waals surface area contributed by atoms with Gasteiger partial charge in [0.15, 0.2) is 0 Å². The van der Waals surface area contributed by atoms with Gasteiger partial charge in [-0.2, -0.15) is 0 Å². The summed E-state index contributed by atoms with van der Waals surface area (Å²) in [5.74, 6) is 0. The predicted octanol–water partition coefficient (Wildman–Crippen LogP) is 10.8. The van der Waals surface area contributed by atoms with Crippen LogP contribution in [-0.4, -0.2) is 11.3 Å². The molecule has 244 valence electrons. The van der Waals surface area contributed by atoms with Crippen LogP contribution in [0, 0.1) is 0 Å². The summed E-state index contributed by atoms with van der Waals surface area (Å²) in [5.41, 5.74) is 19.9. The Morgan fingerprint density at radius 2 is 1.10 bits per heavy atom. The summed E-state index contributed by atoms with van der Waals surface area (Å²) in [6.07, 6.45) is 0. The third kappa shape index (κ3) is 3.74. The van der Waals surface area contributed by atoms with Gasteiger partial charge in [-0.3, -0.25) is 0 Å². The summed E-state index contributed by atoms with van der Waals surface area (Å²) >= 11 is 0. The van der Waals surface area contributed by atoms with E-state index in [1.807, 2.05) is 0 Å². The molecule has 0 unspecified atom stereocenters. The standard InChI is InChI=1S/C48H39BN2/c1-47(2,3)29-20-23-31(24-21-29)50-38-25-22-30(48(4,5)6)27-36(38)49-37-26-28-12-9-15-34-32-13-7-8-14-33(32)35-16-10-17-39-43(35)44(42(28)34)46(37)51(39)41-19-11-18-40(50)45(41)49/h7-27H,1-6H3. The van der Waals surface area contributed by atoms with E-state index in [9.17, 15) is 0 Å². The molecule has 51 heavy (non-hydrogen) atoms. The van der Waals surface area contributed by atoms with E-state index >= 15 is 0 Å². The molecule has 1 aliphatic carbocycles. The molecule has 0 radical (unpaired) electrons. The molecule has 2 aliphatic heterocycles. The van der Waals surface area contributed by atoms with Gasteiger partial charge in [-0.25, -0.2) is 0 Å². The molecule has 0 saturated heterocycles. The monoisotopic (exact) mass is 654 g/mol. The van der Waals surface area contributed by atoms with Crippen LogP contribution in [0.5, 0.6) is 0 Å². The highest BCUT2D eigenvalue weighted by Gasteiger charge is 2.43. The molecule has 0 N–H and O–H groups in total. The molecule has 0 saturated carbocycles. The Bertz CT molecular complexity index is 2820. The average Bonchev–Trinajstić information content (AvgIpc) is 3.41.